The van der Waals surface area contributed by atoms with Crippen molar-refractivity contribution in [3.05, 3.63) is 64.9 Å². The predicted octanol–water partition coefficient (Wildman–Crippen LogP) is 6.33. The summed E-state index contributed by atoms with van der Waals surface area (Å²) in [6.07, 6.45) is 6.37. The molecule has 1 saturated carbocycles. The number of furan rings is 1. The van der Waals surface area contributed by atoms with Gasteiger partial charge in [-0.05, 0) is 43.9 Å². The van der Waals surface area contributed by atoms with Crippen molar-refractivity contribution >= 4 is 40.2 Å². The number of anilines is 1. The van der Waals surface area contributed by atoms with Crippen LogP contribution in [0, 0.1) is 13.8 Å². The minimum absolute atomic E-state index is 0.0428. The van der Waals surface area contributed by atoms with Crippen LogP contribution < -0.4 is 5.32 Å². The van der Waals surface area contributed by atoms with Crippen molar-refractivity contribution in [1.82, 2.24) is 4.90 Å². The first-order valence-corrected chi connectivity index (χ1v) is 12.7. The largest absolute Gasteiger partial charge is 0.451 e. The predicted molar refractivity (Wildman–Crippen MR) is 136 cm³/mol. The average Bonchev–Trinajstić information content (AvgIpc) is 3.19. The number of benzene rings is 2. The zero-order valence-corrected chi connectivity index (χ0v) is 20.5. The van der Waals surface area contributed by atoms with Gasteiger partial charge in [-0.1, -0.05) is 55.7 Å². The molecule has 0 spiro atoms. The molecule has 0 unspecified atom stereocenters. The number of carbonyl (C=O) groups excluding carboxylic acids is 2. The standard InChI is InChI=1S/C27H32N2O3S/c1-18-10-9-11-19(2)25(18)28-24(30)16-29(3)27(31)26-22(17-33-20-12-5-4-6-13-20)21-14-7-8-15-23(21)32-26/h7-11,14-15,20H,4-6,12-13,16-17H2,1-3H3,(H,28,30). The third kappa shape index (κ3) is 5.44. The van der Waals surface area contributed by atoms with Gasteiger partial charge in [0.05, 0.1) is 6.54 Å². The first-order chi connectivity index (χ1) is 15.9. The lowest BCUT2D eigenvalue weighted by Gasteiger charge is -2.21. The first-order valence-electron chi connectivity index (χ1n) is 11.7. The van der Waals surface area contributed by atoms with Crippen LogP contribution in [0.2, 0.25) is 0 Å². The minimum Gasteiger partial charge on any atom is -0.451 e. The van der Waals surface area contributed by atoms with Gasteiger partial charge in [-0.3, -0.25) is 9.59 Å². The highest BCUT2D eigenvalue weighted by molar-refractivity contribution is 7.99. The molecule has 2 amide bonds. The number of thioether (sulfide) groups is 1. The summed E-state index contributed by atoms with van der Waals surface area (Å²) in [4.78, 5) is 27.5. The number of likely N-dealkylation sites (N-methyl/N-ethyl adjacent to an activating group) is 1. The molecular formula is C27H32N2O3S. The van der Waals surface area contributed by atoms with Crippen molar-refractivity contribution in [2.24, 2.45) is 0 Å². The van der Waals surface area contributed by atoms with Crippen LogP contribution in [0.4, 0.5) is 5.69 Å². The van der Waals surface area contributed by atoms with Crippen molar-refractivity contribution in [1.29, 1.82) is 0 Å². The van der Waals surface area contributed by atoms with E-state index in [9.17, 15) is 9.59 Å². The molecule has 1 aliphatic carbocycles. The molecule has 0 radical (unpaired) electrons. The zero-order valence-electron chi connectivity index (χ0n) is 19.6. The van der Waals surface area contributed by atoms with Crippen LogP contribution >= 0.6 is 11.8 Å². The number of fused-ring (bicyclic) bond motifs is 1. The third-order valence-corrected chi connectivity index (χ3v) is 7.78. The topological polar surface area (TPSA) is 62.6 Å². The van der Waals surface area contributed by atoms with Crippen LogP contribution in [0.15, 0.2) is 46.9 Å². The minimum atomic E-state index is -0.262. The van der Waals surface area contributed by atoms with Crippen molar-refractivity contribution in [2.45, 2.75) is 57.0 Å². The van der Waals surface area contributed by atoms with Gasteiger partial charge in [-0.2, -0.15) is 11.8 Å². The van der Waals surface area contributed by atoms with Gasteiger partial charge < -0.3 is 14.6 Å². The smallest absolute Gasteiger partial charge is 0.290 e. The SMILES string of the molecule is Cc1cccc(C)c1NC(=O)CN(C)C(=O)c1oc2ccccc2c1CSC1CCCCC1. The molecule has 6 heteroatoms. The lowest BCUT2D eigenvalue weighted by Crippen LogP contribution is -2.35. The molecule has 4 rings (SSSR count). The number of rotatable bonds is 7. The van der Waals surface area contributed by atoms with Gasteiger partial charge in [0.15, 0.2) is 5.76 Å². The number of hydrogen-bond donors (Lipinski definition) is 1. The molecule has 0 atom stereocenters. The fourth-order valence-corrected chi connectivity index (χ4v) is 5.85. The molecule has 1 aromatic heterocycles. The summed E-state index contributed by atoms with van der Waals surface area (Å²) in [5.74, 6) is 0.604. The number of nitrogens with zero attached hydrogens (tertiary/aromatic N) is 1. The van der Waals surface area contributed by atoms with E-state index in [1.807, 2.05) is 68.1 Å². The molecule has 33 heavy (non-hydrogen) atoms. The van der Waals surface area contributed by atoms with Gasteiger partial charge in [0.2, 0.25) is 5.91 Å². The van der Waals surface area contributed by atoms with Crippen molar-refractivity contribution in [3.8, 4) is 0 Å². The highest BCUT2D eigenvalue weighted by Gasteiger charge is 2.26. The Kier molecular flexibility index (Phi) is 7.43. The molecule has 174 valence electrons. The molecule has 3 aromatic rings. The van der Waals surface area contributed by atoms with Crippen LogP contribution in [0.3, 0.4) is 0 Å². The quantitative estimate of drug-likeness (QED) is 0.444. The maximum absolute atomic E-state index is 13.4. The lowest BCUT2D eigenvalue weighted by atomic mass is 10.0. The normalized spacial score (nSPS) is 14.4. The van der Waals surface area contributed by atoms with Crippen molar-refractivity contribution in [2.75, 3.05) is 18.9 Å². The molecule has 5 nitrogen and oxygen atoms in total. The Bertz CT molecular complexity index is 1130. The molecular weight excluding hydrogens is 432 g/mol. The average molecular weight is 465 g/mol. The lowest BCUT2D eigenvalue weighted by molar-refractivity contribution is -0.116. The van der Waals surface area contributed by atoms with E-state index in [-0.39, 0.29) is 18.4 Å². The van der Waals surface area contributed by atoms with Crippen LogP contribution in [-0.2, 0) is 10.5 Å². The van der Waals surface area contributed by atoms with Crippen molar-refractivity contribution < 1.29 is 14.0 Å². The van der Waals surface area contributed by atoms with Crippen LogP contribution in [-0.4, -0.2) is 35.6 Å². The Labute approximate surface area is 199 Å². The summed E-state index contributed by atoms with van der Waals surface area (Å²) >= 11 is 1.92. The summed E-state index contributed by atoms with van der Waals surface area (Å²) < 4.78 is 6.02. The first kappa shape index (κ1) is 23.4. The second-order valence-corrected chi connectivity index (χ2v) is 10.2. The van der Waals surface area contributed by atoms with E-state index in [4.69, 9.17) is 4.42 Å². The van der Waals surface area contributed by atoms with Gasteiger partial charge in [-0.15, -0.1) is 0 Å². The van der Waals surface area contributed by atoms with Crippen molar-refractivity contribution in [3.63, 3.8) is 0 Å². The maximum atomic E-state index is 13.4. The van der Waals surface area contributed by atoms with Crippen LogP contribution in [0.5, 0.6) is 0 Å². The van der Waals surface area contributed by atoms with Gasteiger partial charge >= 0.3 is 0 Å². The second-order valence-electron chi connectivity index (χ2n) is 8.95. The third-order valence-electron chi connectivity index (χ3n) is 6.38. The monoisotopic (exact) mass is 464 g/mol. The second kappa shape index (κ2) is 10.5. The molecule has 1 fully saturated rings. The van der Waals surface area contributed by atoms with E-state index in [0.29, 0.717) is 16.6 Å². The van der Waals surface area contributed by atoms with E-state index in [1.165, 1.54) is 37.0 Å². The summed E-state index contributed by atoms with van der Waals surface area (Å²) in [7, 11) is 1.65. The molecule has 0 aliphatic heterocycles. The molecule has 1 heterocycles. The number of amides is 2. The maximum Gasteiger partial charge on any atom is 0.290 e. The summed E-state index contributed by atoms with van der Waals surface area (Å²) in [6, 6.07) is 13.7. The Morgan fingerprint density at radius 3 is 2.45 bits per heavy atom. The highest BCUT2D eigenvalue weighted by Crippen LogP contribution is 2.35. The van der Waals surface area contributed by atoms with Gasteiger partial charge in [0.25, 0.3) is 5.91 Å². The Hall–Kier alpha value is -2.73. The van der Waals surface area contributed by atoms with E-state index in [1.54, 1.807) is 7.05 Å². The van der Waals surface area contributed by atoms with E-state index in [2.05, 4.69) is 5.32 Å². The summed E-state index contributed by atoms with van der Waals surface area (Å²) in [5, 5.41) is 4.58. The molecule has 2 aromatic carbocycles. The van der Waals surface area contributed by atoms with Gasteiger partial charge in [0, 0.05) is 34.7 Å². The number of nitrogens with one attached hydrogen (secondary N) is 1. The fraction of sp³-hybridized carbons (Fsp3) is 0.407. The fourth-order valence-electron chi connectivity index (χ4n) is 4.50. The molecule has 0 saturated heterocycles. The van der Waals surface area contributed by atoms with Crippen LogP contribution in [0.25, 0.3) is 11.0 Å². The zero-order chi connectivity index (χ0) is 23.4. The Balaban J connectivity index is 1.49. The number of para-hydroxylation sites is 2. The number of hydrogen-bond acceptors (Lipinski definition) is 4. The van der Waals surface area contributed by atoms with E-state index >= 15 is 0 Å². The van der Waals surface area contributed by atoms with Crippen LogP contribution in [0.1, 0.15) is 59.3 Å². The molecule has 0 bridgehead atoms. The number of aryl methyl sites for hydroxylation is 2. The highest BCUT2D eigenvalue weighted by atomic mass is 32.2. The Morgan fingerprint density at radius 2 is 1.73 bits per heavy atom. The van der Waals surface area contributed by atoms with Gasteiger partial charge in [-0.25, -0.2) is 0 Å². The van der Waals surface area contributed by atoms with E-state index < -0.39 is 0 Å². The Morgan fingerprint density at radius 1 is 1.03 bits per heavy atom. The summed E-state index contributed by atoms with van der Waals surface area (Å²) in [6.45, 7) is 3.88. The van der Waals surface area contributed by atoms with E-state index in [0.717, 1.165) is 33.5 Å². The van der Waals surface area contributed by atoms with Gasteiger partial charge in [0.1, 0.15) is 5.58 Å². The molecule has 1 aliphatic rings. The summed E-state index contributed by atoms with van der Waals surface area (Å²) in [5.41, 5.74) is 4.45. The number of carbonyl (C=O) groups is 2. The molecule has 1 N–H and O–H groups in total.